The van der Waals surface area contributed by atoms with E-state index in [1.807, 2.05) is 25.2 Å². The minimum atomic E-state index is 0.803. The maximum absolute atomic E-state index is 4.27. The van der Waals surface area contributed by atoms with E-state index >= 15 is 0 Å². The number of hydrogen-bond donors (Lipinski definition) is 0. The second-order valence-electron chi connectivity index (χ2n) is 3.14. The van der Waals surface area contributed by atoms with Crippen molar-refractivity contribution in [2.24, 2.45) is 4.99 Å². The average Bonchev–Trinajstić information content (AvgIpc) is 2.28. The maximum Gasteiger partial charge on any atom is 0.0447 e. The lowest BCUT2D eigenvalue weighted by Crippen LogP contribution is -1.98. The van der Waals surface area contributed by atoms with Crippen LogP contribution >= 0.6 is 0 Å². The predicted molar refractivity (Wildman–Crippen MR) is 63.4 cm³/mol. The first-order valence-corrected chi connectivity index (χ1v) is 4.57. The Balaban J connectivity index is 3.28. The lowest BCUT2D eigenvalue weighted by atomic mass is 9.96. The Bertz CT molecular complexity index is 365. The number of hydrogen-bond acceptors (Lipinski definition) is 1. The molecular weight excluding hydrogens is 170 g/mol. The third-order valence-electron chi connectivity index (χ3n) is 2.20. The minimum Gasteiger partial charge on any atom is -0.261 e. The van der Waals surface area contributed by atoms with Gasteiger partial charge in [0.25, 0.3) is 0 Å². The zero-order chi connectivity index (χ0) is 10.6. The van der Waals surface area contributed by atoms with E-state index < -0.39 is 0 Å². The second-order valence-corrected chi connectivity index (χ2v) is 3.14. The molecule has 1 heteroatoms. The Labute approximate surface area is 85.6 Å². The molecule has 0 N–H and O–H groups in total. The molecule has 1 rings (SSSR count). The highest BCUT2D eigenvalue weighted by atomic mass is 14.7. The van der Waals surface area contributed by atoms with Crippen LogP contribution in [-0.4, -0.2) is 5.71 Å². The van der Waals surface area contributed by atoms with Gasteiger partial charge in [-0.3, -0.25) is 4.99 Å². The molecule has 0 spiro atoms. The summed E-state index contributed by atoms with van der Waals surface area (Å²) in [4.78, 5) is 4.27. The summed E-state index contributed by atoms with van der Waals surface area (Å²) in [6, 6.07) is 0. The van der Waals surface area contributed by atoms with Gasteiger partial charge in [-0.2, -0.15) is 0 Å². The fourth-order valence-electron chi connectivity index (χ4n) is 1.46. The van der Waals surface area contributed by atoms with Gasteiger partial charge in [0.1, 0.15) is 0 Å². The molecule has 0 fully saturated rings. The molecular formula is C13H15N. The van der Waals surface area contributed by atoms with Crippen LogP contribution in [0.2, 0.25) is 0 Å². The number of rotatable bonds is 3. The summed E-state index contributed by atoms with van der Waals surface area (Å²) in [5.41, 5.74) is 4.19. The van der Waals surface area contributed by atoms with Crippen molar-refractivity contribution < 1.29 is 0 Å². The highest BCUT2D eigenvalue weighted by Crippen LogP contribution is 2.23. The normalized spacial score (nSPS) is 16.4. The van der Waals surface area contributed by atoms with Gasteiger partial charge in [-0.1, -0.05) is 25.3 Å². The van der Waals surface area contributed by atoms with Gasteiger partial charge in [-0.05, 0) is 36.1 Å². The van der Waals surface area contributed by atoms with Crippen molar-refractivity contribution in [1.82, 2.24) is 0 Å². The van der Waals surface area contributed by atoms with Gasteiger partial charge in [0.15, 0.2) is 0 Å². The van der Waals surface area contributed by atoms with E-state index in [1.165, 1.54) is 0 Å². The standard InChI is InChI=1S/C13H15N/c1-5-7-13-10(3)8-9-14-11(4)12(13)6-2/h5-6,8-9H,1-3,7H2,4H3. The molecule has 0 unspecified atom stereocenters. The van der Waals surface area contributed by atoms with E-state index in [9.17, 15) is 0 Å². The molecule has 0 atom stereocenters. The van der Waals surface area contributed by atoms with E-state index in [0.29, 0.717) is 0 Å². The molecule has 0 aromatic carbocycles. The Morgan fingerprint density at radius 1 is 1.43 bits per heavy atom. The number of nitrogens with zero attached hydrogens (tertiary/aromatic N) is 1. The largest absolute Gasteiger partial charge is 0.261 e. The summed E-state index contributed by atoms with van der Waals surface area (Å²) in [5, 5.41) is 0. The second kappa shape index (κ2) is 4.56. The fraction of sp³-hybridized carbons (Fsp3) is 0.154. The molecule has 1 heterocycles. The van der Waals surface area contributed by atoms with Crippen LogP contribution in [0.3, 0.4) is 0 Å². The average molecular weight is 185 g/mol. The van der Waals surface area contributed by atoms with Crippen molar-refractivity contribution in [3.05, 3.63) is 60.9 Å². The van der Waals surface area contributed by atoms with Crippen molar-refractivity contribution in [2.75, 3.05) is 0 Å². The molecule has 1 aliphatic heterocycles. The predicted octanol–water partition coefficient (Wildman–Crippen LogP) is 3.59. The Morgan fingerprint density at radius 3 is 2.71 bits per heavy atom. The summed E-state index contributed by atoms with van der Waals surface area (Å²) in [6.45, 7) is 13.5. The third kappa shape index (κ3) is 1.99. The molecule has 0 aliphatic carbocycles. The summed E-state index contributed by atoms with van der Waals surface area (Å²) in [5.74, 6) is 0. The van der Waals surface area contributed by atoms with Crippen molar-refractivity contribution in [3.8, 4) is 0 Å². The zero-order valence-corrected chi connectivity index (χ0v) is 8.59. The van der Waals surface area contributed by atoms with E-state index in [2.05, 4.69) is 24.7 Å². The molecule has 0 radical (unpaired) electrons. The fourth-order valence-corrected chi connectivity index (χ4v) is 1.46. The SMILES string of the molecule is C=CCC1=C(C=C)C(C)=NC=CC1=C. The van der Waals surface area contributed by atoms with Gasteiger partial charge in [0, 0.05) is 11.9 Å². The van der Waals surface area contributed by atoms with Crippen LogP contribution in [0.4, 0.5) is 0 Å². The van der Waals surface area contributed by atoms with Crippen molar-refractivity contribution in [2.45, 2.75) is 13.3 Å². The lowest BCUT2D eigenvalue weighted by molar-refractivity contribution is 1.24. The van der Waals surface area contributed by atoms with Gasteiger partial charge >= 0.3 is 0 Å². The Kier molecular flexibility index (Phi) is 3.41. The van der Waals surface area contributed by atoms with Crippen molar-refractivity contribution >= 4 is 5.71 Å². The van der Waals surface area contributed by atoms with Crippen LogP contribution in [0.1, 0.15) is 13.3 Å². The summed E-state index contributed by atoms with van der Waals surface area (Å²) in [6.07, 6.45) is 8.19. The first kappa shape index (κ1) is 10.5. The van der Waals surface area contributed by atoms with Crippen LogP contribution in [0.25, 0.3) is 0 Å². The third-order valence-corrected chi connectivity index (χ3v) is 2.20. The molecule has 72 valence electrons. The monoisotopic (exact) mass is 185 g/mol. The number of aliphatic imine (C=N–C) groups is 1. The molecule has 0 aromatic rings. The summed E-state index contributed by atoms with van der Waals surface area (Å²) < 4.78 is 0. The summed E-state index contributed by atoms with van der Waals surface area (Å²) in [7, 11) is 0. The maximum atomic E-state index is 4.27. The number of allylic oxidation sites excluding steroid dienone is 6. The van der Waals surface area contributed by atoms with Crippen molar-refractivity contribution in [1.29, 1.82) is 0 Å². The molecule has 0 saturated heterocycles. The first-order valence-electron chi connectivity index (χ1n) is 4.57. The quantitative estimate of drug-likeness (QED) is 0.596. The molecule has 0 bridgehead atoms. The van der Waals surface area contributed by atoms with E-state index in [-0.39, 0.29) is 0 Å². The molecule has 1 nitrogen and oxygen atoms in total. The van der Waals surface area contributed by atoms with Crippen LogP contribution < -0.4 is 0 Å². The first-order chi connectivity index (χ1) is 6.70. The van der Waals surface area contributed by atoms with Gasteiger partial charge in [-0.15, -0.1) is 6.58 Å². The van der Waals surface area contributed by atoms with Crippen LogP contribution in [0, 0.1) is 0 Å². The molecule has 1 aliphatic rings. The van der Waals surface area contributed by atoms with Gasteiger partial charge in [0.05, 0.1) is 0 Å². The minimum absolute atomic E-state index is 0.803. The van der Waals surface area contributed by atoms with Crippen LogP contribution in [0.5, 0.6) is 0 Å². The topological polar surface area (TPSA) is 12.4 Å². The van der Waals surface area contributed by atoms with Crippen molar-refractivity contribution in [3.63, 3.8) is 0 Å². The van der Waals surface area contributed by atoms with Gasteiger partial charge in [0.2, 0.25) is 0 Å². The van der Waals surface area contributed by atoms with Gasteiger partial charge in [-0.25, -0.2) is 0 Å². The summed E-state index contributed by atoms with van der Waals surface area (Å²) >= 11 is 0. The molecule has 14 heavy (non-hydrogen) atoms. The lowest BCUT2D eigenvalue weighted by Gasteiger charge is -2.08. The molecule has 0 amide bonds. The zero-order valence-electron chi connectivity index (χ0n) is 8.59. The Hall–Kier alpha value is -1.63. The van der Waals surface area contributed by atoms with E-state index in [0.717, 1.165) is 28.9 Å². The Morgan fingerprint density at radius 2 is 2.14 bits per heavy atom. The molecule has 0 aromatic heterocycles. The highest BCUT2D eigenvalue weighted by Gasteiger charge is 2.09. The van der Waals surface area contributed by atoms with Crippen LogP contribution in [0.15, 0.2) is 65.9 Å². The van der Waals surface area contributed by atoms with E-state index in [4.69, 9.17) is 0 Å². The smallest absolute Gasteiger partial charge is 0.0447 e. The molecule has 0 saturated carbocycles. The highest BCUT2D eigenvalue weighted by molar-refractivity contribution is 6.02. The van der Waals surface area contributed by atoms with Crippen LogP contribution in [-0.2, 0) is 0 Å². The van der Waals surface area contributed by atoms with Gasteiger partial charge < -0.3 is 0 Å². The van der Waals surface area contributed by atoms with E-state index in [1.54, 1.807) is 6.20 Å².